The number of hydrogen-bond donors (Lipinski definition) is 2. The molecule has 0 unspecified atom stereocenters. The van der Waals surface area contributed by atoms with Gasteiger partial charge in [0, 0.05) is 24.4 Å². The molecular formula is C22H22N4O4. The second kappa shape index (κ2) is 9.15. The molecular weight excluding hydrogens is 384 g/mol. The number of likely N-dealkylation sites (N-methyl/N-ethyl adjacent to an activating group) is 1. The molecule has 154 valence electrons. The molecule has 30 heavy (non-hydrogen) atoms. The first-order chi connectivity index (χ1) is 14.4. The van der Waals surface area contributed by atoms with Crippen molar-refractivity contribution in [3.63, 3.8) is 0 Å². The molecule has 3 aromatic rings. The van der Waals surface area contributed by atoms with Gasteiger partial charge in [-0.2, -0.15) is 0 Å². The molecule has 0 heterocycles. The van der Waals surface area contributed by atoms with Gasteiger partial charge in [-0.3, -0.25) is 19.7 Å². The van der Waals surface area contributed by atoms with Crippen LogP contribution in [0.25, 0.3) is 10.8 Å². The molecule has 0 aliphatic carbocycles. The maximum absolute atomic E-state index is 12.3. The van der Waals surface area contributed by atoms with Gasteiger partial charge in [0.15, 0.2) is 0 Å². The molecule has 0 fully saturated rings. The molecule has 3 aromatic carbocycles. The highest BCUT2D eigenvalue weighted by Crippen LogP contribution is 2.26. The first-order valence-electron chi connectivity index (χ1n) is 9.34. The van der Waals surface area contributed by atoms with E-state index in [4.69, 9.17) is 0 Å². The summed E-state index contributed by atoms with van der Waals surface area (Å²) < 4.78 is 0. The first kappa shape index (κ1) is 20.9. The number of nitrogens with zero attached hydrogens (tertiary/aromatic N) is 2. The quantitative estimate of drug-likeness (QED) is 0.372. The summed E-state index contributed by atoms with van der Waals surface area (Å²) in [7, 11) is 3.81. The van der Waals surface area contributed by atoms with E-state index in [-0.39, 0.29) is 24.0 Å². The standard InChI is InChI=1S/C22H22N4O4/c1-25(2)20(19-12-5-8-15-7-3-4-11-18(15)19)14-23-21(27)22(28)24-16-9-6-10-17(13-16)26(29)30/h3-13,20H,14H2,1-2H3,(H,23,27)(H,24,28)/t20-/m0/s1. The lowest BCUT2D eigenvalue weighted by molar-refractivity contribution is -0.384. The average molecular weight is 406 g/mol. The smallest absolute Gasteiger partial charge is 0.313 e. The van der Waals surface area contributed by atoms with Crippen LogP contribution >= 0.6 is 0 Å². The van der Waals surface area contributed by atoms with E-state index in [1.165, 1.54) is 24.3 Å². The number of nitro groups is 1. The zero-order valence-corrected chi connectivity index (χ0v) is 16.7. The topological polar surface area (TPSA) is 105 Å². The summed E-state index contributed by atoms with van der Waals surface area (Å²) in [6.45, 7) is 0.224. The maximum atomic E-state index is 12.3. The fraction of sp³-hybridized carbons (Fsp3) is 0.182. The number of carbonyl (C=O) groups excluding carboxylic acids is 2. The highest BCUT2D eigenvalue weighted by atomic mass is 16.6. The van der Waals surface area contributed by atoms with Gasteiger partial charge in [0.1, 0.15) is 0 Å². The Kier molecular flexibility index (Phi) is 6.38. The zero-order chi connectivity index (χ0) is 21.7. The summed E-state index contributed by atoms with van der Waals surface area (Å²) in [6, 6.07) is 19.3. The lowest BCUT2D eigenvalue weighted by Gasteiger charge is -2.26. The van der Waals surface area contributed by atoms with Crippen molar-refractivity contribution in [2.45, 2.75) is 6.04 Å². The van der Waals surface area contributed by atoms with Crippen LogP contribution in [-0.4, -0.2) is 42.3 Å². The summed E-state index contributed by atoms with van der Waals surface area (Å²) in [5.74, 6) is -1.69. The van der Waals surface area contributed by atoms with E-state index in [1.807, 2.05) is 61.5 Å². The molecule has 2 amide bonds. The van der Waals surface area contributed by atoms with Crippen molar-refractivity contribution in [2.75, 3.05) is 26.0 Å². The van der Waals surface area contributed by atoms with Gasteiger partial charge < -0.3 is 15.5 Å². The summed E-state index contributed by atoms with van der Waals surface area (Å²) in [4.78, 5) is 36.8. The number of non-ortho nitro benzene ring substituents is 1. The molecule has 0 aromatic heterocycles. The van der Waals surface area contributed by atoms with Crippen LogP contribution in [-0.2, 0) is 9.59 Å². The number of carbonyl (C=O) groups is 2. The first-order valence-corrected chi connectivity index (χ1v) is 9.34. The Labute approximate surface area is 173 Å². The summed E-state index contributed by atoms with van der Waals surface area (Å²) >= 11 is 0. The van der Waals surface area contributed by atoms with Crippen LogP contribution in [0.2, 0.25) is 0 Å². The number of hydrogen-bond acceptors (Lipinski definition) is 5. The minimum Gasteiger partial charge on any atom is -0.346 e. The monoisotopic (exact) mass is 406 g/mol. The minimum absolute atomic E-state index is 0.148. The van der Waals surface area contributed by atoms with Gasteiger partial charge in [-0.05, 0) is 36.5 Å². The molecule has 8 nitrogen and oxygen atoms in total. The zero-order valence-electron chi connectivity index (χ0n) is 16.7. The van der Waals surface area contributed by atoms with E-state index in [2.05, 4.69) is 10.6 Å². The largest absolute Gasteiger partial charge is 0.346 e. The van der Waals surface area contributed by atoms with E-state index in [1.54, 1.807) is 0 Å². The summed E-state index contributed by atoms with van der Waals surface area (Å²) in [6.07, 6.45) is 0. The number of amides is 2. The summed E-state index contributed by atoms with van der Waals surface area (Å²) in [5, 5.41) is 18.1. The Morgan fingerprint density at radius 1 is 1.00 bits per heavy atom. The number of benzene rings is 3. The van der Waals surface area contributed by atoms with Crippen molar-refractivity contribution in [3.8, 4) is 0 Å². The fourth-order valence-electron chi connectivity index (χ4n) is 3.27. The molecule has 0 spiro atoms. The normalized spacial score (nSPS) is 11.8. The third kappa shape index (κ3) is 4.79. The predicted molar refractivity (Wildman–Crippen MR) is 115 cm³/mol. The molecule has 0 aliphatic rings. The molecule has 2 N–H and O–H groups in total. The van der Waals surface area contributed by atoms with Crippen molar-refractivity contribution in [1.29, 1.82) is 0 Å². The molecule has 1 atom stereocenters. The Bertz CT molecular complexity index is 1090. The van der Waals surface area contributed by atoms with Gasteiger partial charge in [-0.1, -0.05) is 48.5 Å². The van der Waals surface area contributed by atoms with Gasteiger partial charge in [0.2, 0.25) is 0 Å². The van der Waals surface area contributed by atoms with E-state index in [0.717, 1.165) is 16.3 Å². The molecule has 0 saturated carbocycles. The highest BCUT2D eigenvalue weighted by Gasteiger charge is 2.20. The summed E-state index contributed by atoms with van der Waals surface area (Å²) in [5.41, 5.74) is 1.05. The van der Waals surface area contributed by atoms with Gasteiger partial charge in [0.25, 0.3) is 5.69 Å². The SMILES string of the molecule is CN(C)[C@@H](CNC(=O)C(=O)Nc1cccc([N+](=O)[O-])c1)c1cccc2ccccc12. The third-order valence-corrected chi connectivity index (χ3v) is 4.78. The van der Waals surface area contributed by atoms with Crippen LogP contribution in [0, 0.1) is 10.1 Å². The predicted octanol–water partition coefficient (Wildman–Crippen LogP) is 3.11. The van der Waals surface area contributed by atoms with Crippen molar-refractivity contribution in [2.24, 2.45) is 0 Å². The average Bonchev–Trinajstić information content (AvgIpc) is 2.73. The Balaban J connectivity index is 1.70. The van der Waals surface area contributed by atoms with Crippen molar-refractivity contribution >= 4 is 34.0 Å². The van der Waals surface area contributed by atoms with Crippen molar-refractivity contribution in [3.05, 3.63) is 82.4 Å². The van der Waals surface area contributed by atoms with Gasteiger partial charge in [0.05, 0.1) is 11.0 Å². The second-order valence-electron chi connectivity index (χ2n) is 7.02. The van der Waals surface area contributed by atoms with Crippen LogP contribution in [0.5, 0.6) is 0 Å². The van der Waals surface area contributed by atoms with E-state index < -0.39 is 16.7 Å². The van der Waals surface area contributed by atoms with Crippen LogP contribution in [0.4, 0.5) is 11.4 Å². The van der Waals surface area contributed by atoms with Crippen molar-refractivity contribution in [1.82, 2.24) is 10.2 Å². The Morgan fingerprint density at radius 3 is 2.43 bits per heavy atom. The Hall–Kier alpha value is -3.78. The van der Waals surface area contributed by atoms with E-state index >= 15 is 0 Å². The van der Waals surface area contributed by atoms with Gasteiger partial charge in [-0.15, -0.1) is 0 Å². The fourth-order valence-corrected chi connectivity index (χ4v) is 3.27. The molecule has 0 saturated heterocycles. The maximum Gasteiger partial charge on any atom is 0.313 e. The minimum atomic E-state index is -0.883. The molecule has 3 rings (SSSR count). The van der Waals surface area contributed by atoms with Crippen LogP contribution < -0.4 is 10.6 Å². The number of nitrogens with one attached hydrogen (secondary N) is 2. The van der Waals surface area contributed by atoms with Gasteiger partial charge >= 0.3 is 11.8 Å². The molecule has 0 radical (unpaired) electrons. The van der Waals surface area contributed by atoms with E-state index in [9.17, 15) is 19.7 Å². The van der Waals surface area contributed by atoms with E-state index in [0.29, 0.717) is 0 Å². The van der Waals surface area contributed by atoms with Crippen LogP contribution in [0.1, 0.15) is 11.6 Å². The van der Waals surface area contributed by atoms with Gasteiger partial charge in [-0.25, -0.2) is 0 Å². The molecule has 0 bridgehead atoms. The number of fused-ring (bicyclic) bond motifs is 1. The lowest BCUT2D eigenvalue weighted by atomic mass is 9.98. The van der Waals surface area contributed by atoms with Crippen molar-refractivity contribution < 1.29 is 14.5 Å². The Morgan fingerprint density at radius 2 is 1.70 bits per heavy atom. The number of rotatable bonds is 6. The molecule has 8 heteroatoms. The molecule has 0 aliphatic heterocycles. The number of anilines is 1. The van der Waals surface area contributed by atoms with Crippen LogP contribution in [0.15, 0.2) is 66.7 Å². The number of nitro benzene ring substituents is 1. The highest BCUT2D eigenvalue weighted by molar-refractivity contribution is 6.39. The second-order valence-corrected chi connectivity index (χ2v) is 7.02. The lowest BCUT2D eigenvalue weighted by Crippen LogP contribution is -2.40. The van der Waals surface area contributed by atoms with Crippen LogP contribution in [0.3, 0.4) is 0 Å². The third-order valence-electron chi connectivity index (χ3n) is 4.78.